The lowest BCUT2D eigenvalue weighted by molar-refractivity contribution is -0.252. The Labute approximate surface area is 162 Å². The molecule has 1 unspecified atom stereocenters. The third kappa shape index (κ3) is 3.79. The maximum atomic E-state index is 14.4. The van der Waals surface area contributed by atoms with E-state index in [0.29, 0.717) is 5.56 Å². The van der Waals surface area contributed by atoms with Crippen LogP contribution in [0.15, 0.2) is 60.7 Å². The van der Waals surface area contributed by atoms with Gasteiger partial charge in [0.25, 0.3) is 0 Å². The minimum Gasteiger partial charge on any atom is -0.453 e. The molecule has 4 rings (SSSR count). The zero-order valence-electron chi connectivity index (χ0n) is 15.3. The molecule has 2 fully saturated rings. The van der Waals surface area contributed by atoms with Gasteiger partial charge in [0, 0.05) is 12.7 Å². The lowest BCUT2D eigenvalue weighted by atomic mass is 10.1. The van der Waals surface area contributed by atoms with Crippen molar-refractivity contribution < 1.29 is 32.9 Å². The predicted molar refractivity (Wildman–Crippen MR) is 96.2 cm³/mol. The molecule has 6 atom stereocenters. The summed E-state index contributed by atoms with van der Waals surface area (Å²) in [6, 6.07) is 17.9. The van der Waals surface area contributed by atoms with E-state index >= 15 is 0 Å². The van der Waals surface area contributed by atoms with Crippen LogP contribution < -0.4 is 0 Å². The zero-order chi connectivity index (χ0) is 19.5. The van der Waals surface area contributed by atoms with Gasteiger partial charge in [0.15, 0.2) is 18.5 Å². The molecule has 28 heavy (non-hydrogen) atoms. The highest BCUT2D eigenvalue weighted by Crippen LogP contribution is 2.38. The fourth-order valence-corrected chi connectivity index (χ4v) is 3.45. The summed E-state index contributed by atoms with van der Waals surface area (Å²) < 4.78 is 42.3. The summed E-state index contributed by atoms with van der Waals surface area (Å²) in [6.45, 7) is 0.191. The quantitative estimate of drug-likeness (QED) is 0.734. The second kappa shape index (κ2) is 8.36. The van der Waals surface area contributed by atoms with Crippen molar-refractivity contribution in [2.24, 2.45) is 0 Å². The van der Waals surface area contributed by atoms with Crippen molar-refractivity contribution in [3.8, 4) is 0 Å². The van der Waals surface area contributed by atoms with Crippen molar-refractivity contribution in [2.75, 3.05) is 13.7 Å². The largest absolute Gasteiger partial charge is 0.453 e. The van der Waals surface area contributed by atoms with Crippen molar-refractivity contribution in [1.29, 1.82) is 0 Å². The molecule has 2 aromatic rings. The average Bonchev–Trinajstić information content (AvgIpc) is 3.12. The number of hydrogen-bond donors (Lipinski definition) is 0. The first-order chi connectivity index (χ1) is 13.7. The molecule has 0 amide bonds. The highest BCUT2D eigenvalue weighted by atomic mass is 19.1. The minimum absolute atomic E-state index is 0.191. The molecule has 6 nitrogen and oxygen atoms in total. The molecular weight excluding hydrogens is 367 g/mol. The van der Waals surface area contributed by atoms with Gasteiger partial charge in [-0.2, -0.15) is 0 Å². The van der Waals surface area contributed by atoms with Gasteiger partial charge < -0.3 is 23.7 Å². The number of alkyl halides is 1. The van der Waals surface area contributed by atoms with E-state index in [9.17, 15) is 9.18 Å². The van der Waals surface area contributed by atoms with Crippen molar-refractivity contribution in [1.82, 2.24) is 0 Å². The predicted octanol–water partition coefficient (Wildman–Crippen LogP) is 3.04. The number of rotatable bonds is 5. The second-order valence-electron chi connectivity index (χ2n) is 6.64. The Hall–Kier alpha value is -2.32. The van der Waals surface area contributed by atoms with Gasteiger partial charge >= 0.3 is 5.97 Å². The summed E-state index contributed by atoms with van der Waals surface area (Å²) in [5.74, 6) is -0.575. The molecule has 7 heteroatoms. The normalized spacial score (nSPS) is 30.4. The molecule has 0 saturated carbocycles. The Morgan fingerprint density at radius 1 is 1.07 bits per heavy atom. The Morgan fingerprint density at radius 2 is 1.75 bits per heavy atom. The molecule has 2 heterocycles. The van der Waals surface area contributed by atoms with Crippen molar-refractivity contribution in [3.05, 3.63) is 71.8 Å². The zero-order valence-corrected chi connectivity index (χ0v) is 15.3. The van der Waals surface area contributed by atoms with Gasteiger partial charge in [0.05, 0.1) is 12.2 Å². The van der Waals surface area contributed by atoms with E-state index in [4.69, 9.17) is 23.7 Å². The van der Waals surface area contributed by atoms with E-state index in [-0.39, 0.29) is 6.61 Å². The Kier molecular flexibility index (Phi) is 5.68. The SMILES string of the molecule is COC(F)[C@H]1O[C@@H]2CO[C@H](c3ccccc3)O[C@@H]2[C@@H]1OC(=O)c1ccccc1. The van der Waals surface area contributed by atoms with E-state index in [0.717, 1.165) is 5.56 Å². The molecule has 0 radical (unpaired) electrons. The Balaban J connectivity index is 1.55. The van der Waals surface area contributed by atoms with Gasteiger partial charge in [-0.15, -0.1) is 0 Å². The first-order valence-electron chi connectivity index (χ1n) is 9.07. The molecule has 0 N–H and O–H groups in total. The summed E-state index contributed by atoms with van der Waals surface area (Å²) >= 11 is 0. The summed E-state index contributed by atoms with van der Waals surface area (Å²) in [5, 5.41) is 0. The number of carbonyl (C=O) groups excluding carboxylic acids is 1. The molecule has 0 aliphatic carbocycles. The first-order valence-corrected chi connectivity index (χ1v) is 9.07. The Bertz CT molecular complexity index is 786. The van der Waals surface area contributed by atoms with Crippen molar-refractivity contribution in [3.63, 3.8) is 0 Å². The van der Waals surface area contributed by atoms with Gasteiger partial charge in [-0.3, -0.25) is 0 Å². The summed E-state index contributed by atoms with van der Waals surface area (Å²) in [6.07, 6.45) is -5.73. The fourth-order valence-electron chi connectivity index (χ4n) is 3.45. The lowest BCUT2D eigenvalue weighted by Gasteiger charge is -2.33. The molecule has 0 aromatic heterocycles. The van der Waals surface area contributed by atoms with E-state index in [2.05, 4.69) is 0 Å². The first kappa shape index (κ1) is 19.0. The molecule has 148 valence electrons. The summed E-state index contributed by atoms with van der Waals surface area (Å²) in [5.41, 5.74) is 1.19. The van der Waals surface area contributed by atoms with E-state index in [1.54, 1.807) is 30.3 Å². The number of methoxy groups -OCH3 is 1. The second-order valence-corrected chi connectivity index (χ2v) is 6.64. The number of fused-ring (bicyclic) bond motifs is 1. The van der Waals surface area contributed by atoms with Crippen molar-refractivity contribution >= 4 is 5.97 Å². The maximum absolute atomic E-state index is 14.4. The van der Waals surface area contributed by atoms with Crippen LogP contribution in [0.25, 0.3) is 0 Å². The standard InChI is InChI=1S/C21H21FO6/c1-24-19(22)18-17(27-20(23)13-8-4-2-5-9-13)16-15(26-18)12-25-21(28-16)14-10-6-3-7-11-14/h2-11,15-19,21H,12H2,1H3/t15-,16+,17+,18+,19?,21+/m1/s1. The van der Waals surface area contributed by atoms with Gasteiger partial charge in [-0.1, -0.05) is 48.5 Å². The summed E-state index contributed by atoms with van der Waals surface area (Å²) in [7, 11) is 1.23. The van der Waals surface area contributed by atoms with Crippen molar-refractivity contribution in [2.45, 2.75) is 37.1 Å². The lowest BCUT2D eigenvalue weighted by Crippen LogP contribution is -2.46. The number of halogens is 1. The molecule has 2 saturated heterocycles. The molecular formula is C21H21FO6. The molecule has 0 bridgehead atoms. The molecule has 0 spiro atoms. The number of hydrogen-bond acceptors (Lipinski definition) is 6. The Morgan fingerprint density at radius 3 is 2.43 bits per heavy atom. The number of esters is 1. The van der Waals surface area contributed by atoms with Crippen LogP contribution in [-0.2, 0) is 23.7 Å². The van der Waals surface area contributed by atoms with Gasteiger partial charge in [0.1, 0.15) is 12.2 Å². The number of carbonyl (C=O) groups is 1. The van der Waals surface area contributed by atoms with Crippen LogP contribution in [0.3, 0.4) is 0 Å². The monoisotopic (exact) mass is 388 g/mol. The number of benzene rings is 2. The average molecular weight is 388 g/mol. The van der Waals surface area contributed by atoms with Gasteiger partial charge in [0.2, 0.25) is 6.36 Å². The van der Waals surface area contributed by atoms with Crippen LogP contribution >= 0.6 is 0 Å². The molecule has 2 aliphatic heterocycles. The topological polar surface area (TPSA) is 63.2 Å². The third-order valence-electron chi connectivity index (χ3n) is 4.85. The van der Waals surface area contributed by atoms with E-state index in [1.807, 2.05) is 30.3 Å². The molecule has 2 aliphatic rings. The van der Waals surface area contributed by atoms with Crippen LogP contribution in [0.1, 0.15) is 22.2 Å². The van der Waals surface area contributed by atoms with Gasteiger partial charge in [-0.25, -0.2) is 9.18 Å². The number of ether oxygens (including phenoxy) is 5. The highest BCUT2D eigenvalue weighted by Gasteiger charge is 2.54. The van der Waals surface area contributed by atoms with E-state index in [1.165, 1.54) is 7.11 Å². The van der Waals surface area contributed by atoms with Crippen LogP contribution in [0.4, 0.5) is 4.39 Å². The van der Waals surface area contributed by atoms with Crippen LogP contribution in [0.2, 0.25) is 0 Å². The molecule has 2 aromatic carbocycles. The van der Waals surface area contributed by atoms with E-state index < -0.39 is 43.0 Å². The minimum atomic E-state index is -1.77. The fraction of sp³-hybridized carbons (Fsp3) is 0.381. The maximum Gasteiger partial charge on any atom is 0.338 e. The highest BCUT2D eigenvalue weighted by molar-refractivity contribution is 5.89. The third-order valence-corrected chi connectivity index (χ3v) is 4.85. The smallest absolute Gasteiger partial charge is 0.338 e. The van der Waals surface area contributed by atoms with Crippen LogP contribution in [0, 0.1) is 0 Å². The van der Waals surface area contributed by atoms with Crippen LogP contribution in [0.5, 0.6) is 0 Å². The van der Waals surface area contributed by atoms with Crippen LogP contribution in [-0.4, -0.2) is 50.5 Å². The van der Waals surface area contributed by atoms with Gasteiger partial charge in [-0.05, 0) is 12.1 Å². The summed E-state index contributed by atoms with van der Waals surface area (Å²) in [4.78, 5) is 12.6.